The SMILES string of the molecule is Fc1ccc(SC23CCNC2CCc2nc(OCc4c(Cl)cccc4Cl)ccc23)cc1. The van der Waals surface area contributed by atoms with Gasteiger partial charge in [-0.2, -0.15) is 0 Å². The zero-order valence-corrected chi connectivity index (χ0v) is 19.0. The number of thioether (sulfide) groups is 1. The van der Waals surface area contributed by atoms with Crippen LogP contribution in [0, 0.1) is 5.82 Å². The lowest BCUT2D eigenvalue weighted by molar-refractivity contribution is 0.291. The smallest absolute Gasteiger partial charge is 0.213 e. The van der Waals surface area contributed by atoms with Gasteiger partial charge in [-0.3, -0.25) is 0 Å². The van der Waals surface area contributed by atoms with Crippen molar-refractivity contribution >= 4 is 35.0 Å². The van der Waals surface area contributed by atoms with Crippen LogP contribution in [0.3, 0.4) is 0 Å². The summed E-state index contributed by atoms with van der Waals surface area (Å²) in [6.45, 7) is 1.23. The Balaban J connectivity index is 1.42. The molecule has 1 N–H and O–H groups in total. The van der Waals surface area contributed by atoms with E-state index in [1.807, 2.05) is 36.0 Å². The number of nitrogens with one attached hydrogen (secondary N) is 1. The van der Waals surface area contributed by atoms with E-state index in [9.17, 15) is 4.39 Å². The maximum absolute atomic E-state index is 13.4. The van der Waals surface area contributed by atoms with E-state index in [0.717, 1.165) is 42.0 Å². The zero-order chi connectivity index (χ0) is 21.4. The number of nitrogens with zero attached hydrogens (tertiary/aromatic N) is 1. The molecule has 3 nitrogen and oxygen atoms in total. The molecule has 7 heteroatoms. The second-order valence-corrected chi connectivity index (χ2v) is 10.1. The predicted molar refractivity (Wildman–Crippen MR) is 124 cm³/mol. The number of benzene rings is 2. The topological polar surface area (TPSA) is 34.2 Å². The van der Waals surface area contributed by atoms with Crippen LogP contribution >= 0.6 is 35.0 Å². The van der Waals surface area contributed by atoms with Gasteiger partial charge in [0.25, 0.3) is 0 Å². The molecule has 0 spiro atoms. The number of pyridine rings is 1. The van der Waals surface area contributed by atoms with Crippen molar-refractivity contribution in [2.24, 2.45) is 0 Å². The summed E-state index contributed by atoms with van der Waals surface area (Å²) in [6, 6.07) is 16.6. The van der Waals surface area contributed by atoms with Gasteiger partial charge in [-0.15, -0.1) is 11.8 Å². The van der Waals surface area contributed by atoms with Crippen LogP contribution in [0.15, 0.2) is 59.5 Å². The molecule has 160 valence electrons. The average Bonchev–Trinajstić information content (AvgIpc) is 3.19. The van der Waals surface area contributed by atoms with Crippen LogP contribution < -0.4 is 10.1 Å². The van der Waals surface area contributed by atoms with Gasteiger partial charge in [0.15, 0.2) is 0 Å². The Hall–Kier alpha value is -1.79. The quantitative estimate of drug-likeness (QED) is 0.463. The minimum atomic E-state index is -0.214. The first-order valence-corrected chi connectivity index (χ1v) is 11.9. The number of ether oxygens (including phenoxy) is 1. The molecule has 0 saturated carbocycles. The first-order chi connectivity index (χ1) is 15.0. The predicted octanol–water partition coefficient (Wildman–Crippen LogP) is 6.40. The van der Waals surface area contributed by atoms with Gasteiger partial charge < -0.3 is 10.1 Å². The van der Waals surface area contributed by atoms with E-state index >= 15 is 0 Å². The third-order valence-electron chi connectivity index (χ3n) is 6.06. The van der Waals surface area contributed by atoms with Crippen molar-refractivity contribution in [1.82, 2.24) is 10.3 Å². The standard InChI is InChI=1S/C24H21Cl2FN2OS/c25-19-2-1-3-20(26)17(19)14-30-23-11-8-18-21(29-23)9-10-22-24(18,12-13-28-22)31-16-6-4-15(27)5-7-16/h1-8,11,22,28H,9-10,12-14H2. The lowest BCUT2D eigenvalue weighted by Gasteiger charge is -2.40. The van der Waals surface area contributed by atoms with Crippen LogP contribution in [0.4, 0.5) is 4.39 Å². The van der Waals surface area contributed by atoms with Gasteiger partial charge in [-0.05, 0) is 67.8 Å². The Morgan fingerprint density at radius 3 is 2.65 bits per heavy atom. The van der Waals surface area contributed by atoms with E-state index in [-0.39, 0.29) is 17.2 Å². The van der Waals surface area contributed by atoms with E-state index in [1.54, 1.807) is 12.1 Å². The molecule has 2 atom stereocenters. The van der Waals surface area contributed by atoms with Crippen molar-refractivity contribution in [3.63, 3.8) is 0 Å². The van der Waals surface area contributed by atoms with Crippen LogP contribution in [0.25, 0.3) is 0 Å². The van der Waals surface area contributed by atoms with Crippen molar-refractivity contribution in [2.45, 2.75) is 41.6 Å². The highest BCUT2D eigenvalue weighted by Gasteiger charge is 2.48. The van der Waals surface area contributed by atoms with Crippen LogP contribution in [-0.4, -0.2) is 17.6 Å². The molecule has 2 aliphatic rings. The van der Waals surface area contributed by atoms with E-state index < -0.39 is 0 Å². The zero-order valence-electron chi connectivity index (χ0n) is 16.7. The molecule has 3 aromatic rings. The molecule has 0 bridgehead atoms. The van der Waals surface area contributed by atoms with E-state index in [1.165, 1.54) is 17.7 Å². The Morgan fingerprint density at radius 1 is 1.10 bits per heavy atom. The lowest BCUT2D eigenvalue weighted by Crippen LogP contribution is -2.42. The number of hydrogen-bond acceptors (Lipinski definition) is 4. The number of hydrogen-bond donors (Lipinski definition) is 1. The highest BCUT2D eigenvalue weighted by Crippen LogP contribution is 2.53. The summed E-state index contributed by atoms with van der Waals surface area (Å²) in [7, 11) is 0. The third kappa shape index (κ3) is 4.05. The summed E-state index contributed by atoms with van der Waals surface area (Å²) < 4.78 is 19.2. The van der Waals surface area contributed by atoms with Crippen molar-refractivity contribution in [2.75, 3.05) is 6.54 Å². The van der Waals surface area contributed by atoms with Crippen molar-refractivity contribution in [3.05, 3.63) is 87.3 Å². The molecule has 2 aromatic carbocycles. The Bertz CT molecular complexity index is 1090. The lowest BCUT2D eigenvalue weighted by atomic mass is 9.81. The highest BCUT2D eigenvalue weighted by atomic mass is 35.5. The van der Waals surface area contributed by atoms with Gasteiger partial charge in [0, 0.05) is 38.3 Å². The van der Waals surface area contributed by atoms with Crippen LogP contribution in [-0.2, 0) is 17.8 Å². The summed E-state index contributed by atoms with van der Waals surface area (Å²) in [4.78, 5) is 5.91. The van der Waals surface area contributed by atoms with Gasteiger partial charge in [-0.1, -0.05) is 35.3 Å². The fourth-order valence-corrected chi connectivity index (χ4v) is 6.60. The van der Waals surface area contributed by atoms with E-state index in [4.69, 9.17) is 32.9 Å². The normalized spacial score (nSPS) is 22.1. The van der Waals surface area contributed by atoms with Gasteiger partial charge in [0.05, 0.1) is 4.75 Å². The summed E-state index contributed by atoms with van der Waals surface area (Å²) >= 11 is 14.3. The molecule has 2 unspecified atom stereocenters. The second-order valence-electron chi connectivity index (χ2n) is 7.87. The minimum absolute atomic E-state index is 0.108. The maximum Gasteiger partial charge on any atom is 0.213 e. The minimum Gasteiger partial charge on any atom is -0.473 e. The number of halogens is 3. The molecular formula is C24H21Cl2FN2OS. The third-order valence-corrected chi connectivity index (χ3v) is 8.35. The number of aryl methyl sites for hydroxylation is 1. The Morgan fingerprint density at radius 2 is 1.87 bits per heavy atom. The largest absolute Gasteiger partial charge is 0.473 e. The first-order valence-electron chi connectivity index (χ1n) is 10.3. The summed E-state index contributed by atoms with van der Waals surface area (Å²) in [5.74, 6) is 0.357. The molecule has 1 saturated heterocycles. The number of rotatable bonds is 5. The first kappa shape index (κ1) is 21.1. The monoisotopic (exact) mass is 474 g/mol. The van der Waals surface area contributed by atoms with Gasteiger partial charge in [0.2, 0.25) is 5.88 Å². The molecule has 1 fully saturated rings. The fraction of sp³-hybridized carbons (Fsp3) is 0.292. The average molecular weight is 475 g/mol. The second kappa shape index (κ2) is 8.62. The van der Waals surface area contributed by atoms with Gasteiger partial charge in [0.1, 0.15) is 12.4 Å². The fourth-order valence-electron chi connectivity index (χ4n) is 4.55. The Kier molecular flexibility index (Phi) is 5.86. The van der Waals surface area contributed by atoms with Crippen molar-refractivity contribution in [3.8, 4) is 5.88 Å². The van der Waals surface area contributed by atoms with Crippen molar-refractivity contribution < 1.29 is 9.13 Å². The highest BCUT2D eigenvalue weighted by molar-refractivity contribution is 8.00. The molecule has 1 aromatic heterocycles. The Labute approximate surface area is 195 Å². The van der Waals surface area contributed by atoms with Crippen LogP contribution in [0.1, 0.15) is 29.7 Å². The molecular weight excluding hydrogens is 454 g/mol. The summed E-state index contributed by atoms with van der Waals surface area (Å²) in [6.07, 6.45) is 2.90. The van der Waals surface area contributed by atoms with Crippen molar-refractivity contribution in [1.29, 1.82) is 0 Å². The molecule has 31 heavy (non-hydrogen) atoms. The molecule has 5 rings (SSSR count). The number of fused-ring (bicyclic) bond motifs is 3. The molecule has 0 amide bonds. The molecule has 2 heterocycles. The summed E-state index contributed by atoms with van der Waals surface area (Å²) in [5, 5.41) is 4.83. The molecule has 1 aliphatic carbocycles. The molecule has 0 radical (unpaired) electrons. The summed E-state index contributed by atoms with van der Waals surface area (Å²) in [5.41, 5.74) is 3.07. The van der Waals surface area contributed by atoms with Crippen LogP contribution in [0.5, 0.6) is 5.88 Å². The van der Waals surface area contributed by atoms with Gasteiger partial charge >= 0.3 is 0 Å². The maximum atomic E-state index is 13.4. The van der Waals surface area contributed by atoms with E-state index in [0.29, 0.717) is 22.0 Å². The number of aromatic nitrogens is 1. The molecule has 1 aliphatic heterocycles. The van der Waals surface area contributed by atoms with E-state index in [2.05, 4.69) is 11.4 Å². The van der Waals surface area contributed by atoms with Gasteiger partial charge in [-0.25, -0.2) is 9.37 Å². The van der Waals surface area contributed by atoms with Crippen LogP contribution in [0.2, 0.25) is 10.0 Å².